The standard InChI is InChI=1S/C13H16N2O5/c1-8(16)14-10(7-9-5-3-2-4-6-9)11(17)15-12(18)13(19)20/h2-6,10,12,18H,7H2,1H3,(H,14,16)(H,15,17)(H,19,20)/t10-,12?/m0/s1. The molecule has 0 aliphatic rings. The third-order valence-electron chi connectivity index (χ3n) is 2.49. The van der Waals surface area contributed by atoms with E-state index in [2.05, 4.69) is 5.32 Å². The lowest BCUT2D eigenvalue weighted by molar-refractivity contribution is -0.151. The van der Waals surface area contributed by atoms with Crippen LogP contribution in [-0.2, 0) is 20.8 Å². The number of carbonyl (C=O) groups excluding carboxylic acids is 2. The molecule has 1 rings (SSSR count). The first kappa shape index (κ1) is 15.6. The molecule has 1 aromatic carbocycles. The zero-order chi connectivity index (χ0) is 15.1. The van der Waals surface area contributed by atoms with E-state index in [0.717, 1.165) is 5.56 Å². The molecule has 0 heterocycles. The highest BCUT2D eigenvalue weighted by Crippen LogP contribution is 2.03. The van der Waals surface area contributed by atoms with Gasteiger partial charge in [-0.3, -0.25) is 9.59 Å². The van der Waals surface area contributed by atoms with Crippen LogP contribution in [0.15, 0.2) is 30.3 Å². The van der Waals surface area contributed by atoms with Gasteiger partial charge in [-0.05, 0) is 5.56 Å². The molecule has 0 bridgehead atoms. The molecule has 20 heavy (non-hydrogen) atoms. The highest BCUT2D eigenvalue weighted by molar-refractivity contribution is 5.89. The van der Waals surface area contributed by atoms with Crippen molar-refractivity contribution >= 4 is 17.8 Å². The van der Waals surface area contributed by atoms with Crippen LogP contribution in [0.2, 0.25) is 0 Å². The van der Waals surface area contributed by atoms with Crippen LogP contribution in [0.3, 0.4) is 0 Å². The molecular formula is C13H16N2O5. The molecule has 1 unspecified atom stereocenters. The van der Waals surface area contributed by atoms with Crippen molar-refractivity contribution in [2.24, 2.45) is 0 Å². The van der Waals surface area contributed by atoms with E-state index in [1.807, 2.05) is 11.4 Å². The minimum absolute atomic E-state index is 0.193. The van der Waals surface area contributed by atoms with Gasteiger partial charge in [0.05, 0.1) is 0 Å². The van der Waals surface area contributed by atoms with Gasteiger partial charge >= 0.3 is 5.97 Å². The predicted molar refractivity (Wildman–Crippen MR) is 69.5 cm³/mol. The molecule has 0 spiro atoms. The van der Waals surface area contributed by atoms with Gasteiger partial charge in [-0.25, -0.2) is 4.79 Å². The Morgan fingerprint density at radius 1 is 1.15 bits per heavy atom. The lowest BCUT2D eigenvalue weighted by atomic mass is 10.1. The fourth-order valence-corrected chi connectivity index (χ4v) is 1.60. The number of hydrogen-bond donors (Lipinski definition) is 4. The van der Waals surface area contributed by atoms with Crippen molar-refractivity contribution in [3.63, 3.8) is 0 Å². The number of hydrogen-bond acceptors (Lipinski definition) is 4. The number of carboxylic acids is 1. The largest absolute Gasteiger partial charge is 0.478 e. The van der Waals surface area contributed by atoms with Gasteiger partial charge in [-0.1, -0.05) is 30.3 Å². The van der Waals surface area contributed by atoms with Gasteiger partial charge in [-0.15, -0.1) is 0 Å². The van der Waals surface area contributed by atoms with Crippen LogP contribution < -0.4 is 10.6 Å². The van der Waals surface area contributed by atoms with E-state index < -0.39 is 30.1 Å². The van der Waals surface area contributed by atoms with E-state index >= 15 is 0 Å². The normalized spacial score (nSPS) is 13.1. The number of carboxylic acid groups (broad SMARTS) is 1. The maximum absolute atomic E-state index is 11.8. The maximum Gasteiger partial charge on any atom is 0.353 e. The summed E-state index contributed by atoms with van der Waals surface area (Å²) in [5, 5.41) is 22.0. The Bertz CT molecular complexity index is 489. The van der Waals surface area contributed by atoms with Crippen molar-refractivity contribution in [3.8, 4) is 0 Å². The zero-order valence-corrected chi connectivity index (χ0v) is 10.9. The summed E-state index contributed by atoms with van der Waals surface area (Å²) in [4.78, 5) is 33.4. The molecule has 0 saturated heterocycles. The first-order valence-electron chi connectivity index (χ1n) is 5.92. The average molecular weight is 280 g/mol. The van der Waals surface area contributed by atoms with Crippen LogP contribution in [0.25, 0.3) is 0 Å². The Balaban J connectivity index is 2.75. The third-order valence-corrected chi connectivity index (χ3v) is 2.49. The molecule has 108 valence electrons. The molecule has 2 atom stereocenters. The minimum atomic E-state index is -2.01. The molecule has 7 heteroatoms. The fourth-order valence-electron chi connectivity index (χ4n) is 1.60. The monoisotopic (exact) mass is 280 g/mol. The van der Waals surface area contributed by atoms with E-state index in [0.29, 0.717) is 0 Å². The summed E-state index contributed by atoms with van der Waals surface area (Å²) < 4.78 is 0. The minimum Gasteiger partial charge on any atom is -0.478 e. The van der Waals surface area contributed by atoms with Gasteiger partial charge in [0.1, 0.15) is 6.04 Å². The van der Waals surface area contributed by atoms with Crippen LogP contribution in [0.5, 0.6) is 0 Å². The molecule has 0 aliphatic heterocycles. The van der Waals surface area contributed by atoms with Crippen molar-refractivity contribution in [2.75, 3.05) is 0 Å². The van der Waals surface area contributed by atoms with Crippen molar-refractivity contribution in [2.45, 2.75) is 25.6 Å². The van der Waals surface area contributed by atoms with Gasteiger partial charge in [0.2, 0.25) is 18.0 Å². The van der Waals surface area contributed by atoms with Crippen LogP contribution >= 0.6 is 0 Å². The number of nitrogens with one attached hydrogen (secondary N) is 2. The molecule has 4 N–H and O–H groups in total. The molecule has 1 aromatic rings. The van der Waals surface area contributed by atoms with Crippen LogP contribution in [0.1, 0.15) is 12.5 Å². The topological polar surface area (TPSA) is 116 Å². The van der Waals surface area contributed by atoms with Gasteiger partial charge < -0.3 is 20.8 Å². The van der Waals surface area contributed by atoms with Crippen LogP contribution in [0, 0.1) is 0 Å². The second-order valence-electron chi connectivity index (χ2n) is 4.19. The van der Waals surface area contributed by atoms with E-state index in [1.165, 1.54) is 6.92 Å². The maximum atomic E-state index is 11.8. The van der Waals surface area contributed by atoms with Crippen molar-refractivity contribution < 1.29 is 24.6 Å². The number of rotatable bonds is 6. The summed E-state index contributed by atoms with van der Waals surface area (Å²) in [6.07, 6.45) is -1.81. The molecule has 7 nitrogen and oxygen atoms in total. The highest BCUT2D eigenvalue weighted by atomic mass is 16.4. The van der Waals surface area contributed by atoms with Crippen LogP contribution in [-0.4, -0.2) is 40.3 Å². The SMILES string of the molecule is CC(=O)N[C@@H](Cc1ccccc1)C(=O)NC(O)C(=O)O. The van der Waals surface area contributed by atoms with Crippen molar-refractivity contribution in [1.29, 1.82) is 0 Å². The summed E-state index contributed by atoms with van der Waals surface area (Å²) in [6.45, 7) is 1.25. The Morgan fingerprint density at radius 3 is 2.25 bits per heavy atom. The molecule has 2 amide bonds. The molecular weight excluding hydrogens is 264 g/mol. The number of benzene rings is 1. The van der Waals surface area contributed by atoms with E-state index in [-0.39, 0.29) is 6.42 Å². The highest BCUT2D eigenvalue weighted by Gasteiger charge is 2.24. The number of aliphatic carboxylic acids is 1. The molecule has 0 aliphatic carbocycles. The number of aliphatic hydroxyl groups excluding tert-OH is 1. The Morgan fingerprint density at radius 2 is 1.75 bits per heavy atom. The van der Waals surface area contributed by atoms with Crippen LogP contribution in [0.4, 0.5) is 0 Å². The van der Waals surface area contributed by atoms with Crippen molar-refractivity contribution in [1.82, 2.24) is 10.6 Å². The summed E-state index contributed by atoms with van der Waals surface area (Å²) in [7, 11) is 0. The first-order chi connectivity index (χ1) is 9.40. The molecule has 0 aromatic heterocycles. The second-order valence-corrected chi connectivity index (χ2v) is 4.19. The smallest absolute Gasteiger partial charge is 0.353 e. The molecule has 0 fully saturated rings. The average Bonchev–Trinajstić information content (AvgIpc) is 2.38. The second kappa shape index (κ2) is 7.25. The molecule has 0 saturated carbocycles. The fraction of sp³-hybridized carbons (Fsp3) is 0.308. The zero-order valence-electron chi connectivity index (χ0n) is 10.9. The summed E-state index contributed by atoms with van der Waals surface area (Å²) >= 11 is 0. The summed E-state index contributed by atoms with van der Waals surface area (Å²) in [6, 6.07) is 7.97. The predicted octanol–water partition coefficient (Wildman–Crippen LogP) is -0.747. The molecule has 0 radical (unpaired) electrons. The lowest BCUT2D eigenvalue weighted by Gasteiger charge is -2.18. The Hall–Kier alpha value is -2.41. The van der Waals surface area contributed by atoms with Gasteiger partial charge in [0, 0.05) is 13.3 Å². The quantitative estimate of drug-likeness (QED) is 0.512. The number of amides is 2. The lowest BCUT2D eigenvalue weighted by Crippen LogP contribution is -2.52. The van der Waals surface area contributed by atoms with Gasteiger partial charge in [0.25, 0.3) is 0 Å². The number of carbonyl (C=O) groups is 3. The third kappa shape index (κ3) is 5.07. The number of aliphatic hydroxyl groups is 1. The van der Waals surface area contributed by atoms with E-state index in [9.17, 15) is 14.4 Å². The summed E-state index contributed by atoms with van der Waals surface area (Å²) in [5.74, 6) is -2.76. The van der Waals surface area contributed by atoms with Crippen molar-refractivity contribution in [3.05, 3.63) is 35.9 Å². The van der Waals surface area contributed by atoms with E-state index in [1.54, 1.807) is 24.3 Å². The van der Waals surface area contributed by atoms with Gasteiger partial charge in [0.15, 0.2) is 0 Å². The van der Waals surface area contributed by atoms with E-state index in [4.69, 9.17) is 10.2 Å². The summed E-state index contributed by atoms with van der Waals surface area (Å²) in [5.41, 5.74) is 0.797. The van der Waals surface area contributed by atoms with Gasteiger partial charge in [-0.2, -0.15) is 0 Å². The first-order valence-corrected chi connectivity index (χ1v) is 5.92. The Kier molecular flexibility index (Phi) is 5.67. The Labute approximate surface area is 115 Å².